The fourth-order valence-corrected chi connectivity index (χ4v) is 3.68. The van der Waals surface area contributed by atoms with Gasteiger partial charge in [-0.2, -0.15) is 0 Å². The van der Waals surface area contributed by atoms with Gasteiger partial charge in [-0.1, -0.05) is 42.0 Å². The third-order valence-corrected chi connectivity index (χ3v) is 5.26. The minimum absolute atomic E-state index is 0.0519. The lowest BCUT2D eigenvalue weighted by molar-refractivity contribution is -0.137. The summed E-state index contributed by atoms with van der Waals surface area (Å²) in [6.45, 7) is 0.0519. The second-order valence-electron chi connectivity index (χ2n) is 7.33. The maximum Gasteiger partial charge on any atom is 0.303 e. The molecule has 29 heavy (non-hydrogen) atoms. The van der Waals surface area contributed by atoms with Gasteiger partial charge >= 0.3 is 5.97 Å². The number of ether oxygens (including phenoxy) is 1. The summed E-state index contributed by atoms with van der Waals surface area (Å²) in [5, 5.41) is 39.8. The van der Waals surface area contributed by atoms with Gasteiger partial charge in [-0.05, 0) is 43.4 Å². The number of halogens is 1. The van der Waals surface area contributed by atoms with Gasteiger partial charge in [0, 0.05) is 23.8 Å². The first kappa shape index (κ1) is 23.4. The standard InChI is InChI=1S/C22H29ClO6/c23-15-6-5-7-17(12-15)29-14-16(24)10-11-19-18(20(25)13-21(19)26)8-3-1-2-4-9-22(27)28/h1,3,5-7,10-12,16,18-21,24-26H,2,4,8-9,13-14H2,(H,27,28)/b3-1-,11-10+/t16-,18-,19-,20?,21?/m1/s1. The Kier molecular flexibility index (Phi) is 9.67. The second-order valence-corrected chi connectivity index (χ2v) is 7.76. The number of unbranched alkanes of at least 4 members (excludes halogenated alkanes) is 1. The van der Waals surface area contributed by atoms with Crippen LogP contribution < -0.4 is 4.74 Å². The molecule has 1 aliphatic carbocycles. The van der Waals surface area contributed by atoms with Gasteiger partial charge in [-0.3, -0.25) is 4.79 Å². The molecule has 0 bridgehead atoms. The molecule has 160 valence electrons. The molecule has 1 aromatic rings. The monoisotopic (exact) mass is 424 g/mol. The molecule has 7 heteroatoms. The van der Waals surface area contributed by atoms with Crippen LogP contribution >= 0.6 is 11.6 Å². The highest BCUT2D eigenvalue weighted by Crippen LogP contribution is 2.36. The van der Waals surface area contributed by atoms with Crippen molar-refractivity contribution < 1.29 is 30.0 Å². The van der Waals surface area contributed by atoms with Crippen LogP contribution in [0.4, 0.5) is 0 Å². The first-order chi connectivity index (χ1) is 13.9. The average molecular weight is 425 g/mol. The smallest absolute Gasteiger partial charge is 0.303 e. The van der Waals surface area contributed by atoms with E-state index in [1.54, 1.807) is 36.4 Å². The Labute approximate surface area is 176 Å². The molecular weight excluding hydrogens is 396 g/mol. The van der Waals surface area contributed by atoms with Crippen molar-refractivity contribution in [3.05, 3.63) is 53.6 Å². The summed E-state index contributed by atoms with van der Waals surface area (Å²) < 4.78 is 5.51. The maximum absolute atomic E-state index is 10.5. The molecule has 0 aromatic heterocycles. The lowest BCUT2D eigenvalue weighted by Gasteiger charge is -2.19. The maximum atomic E-state index is 10.5. The topological polar surface area (TPSA) is 107 Å². The third kappa shape index (κ3) is 8.19. The Morgan fingerprint density at radius 1 is 1.28 bits per heavy atom. The van der Waals surface area contributed by atoms with Gasteiger partial charge in [-0.25, -0.2) is 0 Å². The molecule has 5 atom stereocenters. The Bertz CT molecular complexity index is 704. The summed E-state index contributed by atoms with van der Waals surface area (Å²) in [5.74, 6) is -0.671. The lowest BCUT2D eigenvalue weighted by Crippen LogP contribution is -2.21. The molecule has 6 nitrogen and oxygen atoms in total. The summed E-state index contributed by atoms with van der Waals surface area (Å²) in [7, 11) is 0. The summed E-state index contributed by atoms with van der Waals surface area (Å²) in [6, 6.07) is 6.90. The second kappa shape index (κ2) is 12.0. The van der Waals surface area contributed by atoms with Crippen molar-refractivity contribution in [2.24, 2.45) is 11.8 Å². The van der Waals surface area contributed by atoms with Crippen LogP contribution in [0.2, 0.25) is 5.02 Å². The molecule has 0 radical (unpaired) electrons. The van der Waals surface area contributed by atoms with Gasteiger partial charge in [0.2, 0.25) is 0 Å². The highest BCUT2D eigenvalue weighted by Gasteiger charge is 2.39. The molecule has 1 aromatic carbocycles. The summed E-state index contributed by atoms with van der Waals surface area (Å²) >= 11 is 5.90. The Hall–Kier alpha value is -1.86. The van der Waals surface area contributed by atoms with E-state index in [9.17, 15) is 20.1 Å². The van der Waals surface area contributed by atoms with Crippen LogP contribution in [0.1, 0.15) is 32.1 Å². The minimum atomic E-state index is -0.855. The molecule has 0 spiro atoms. The first-order valence-electron chi connectivity index (χ1n) is 9.84. The Morgan fingerprint density at radius 3 is 2.79 bits per heavy atom. The Balaban J connectivity index is 1.83. The number of hydrogen-bond donors (Lipinski definition) is 4. The van der Waals surface area contributed by atoms with Crippen molar-refractivity contribution in [1.82, 2.24) is 0 Å². The van der Waals surface area contributed by atoms with Gasteiger partial charge in [0.05, 0.1) is 12.2 Å². The van der Waals surface area contributed by atoms with Crippen LogP contribution in [0.3, 0.4) is 0 Å². The van der Waals surface area contributed by atoms with Crippen molar-refractivity contribution in [1.29, 1.82) is 0 Å². The van der Waals surface area contributed by atoms with E-state index >= 15 is 0 Å². The Morgan fingerprint density at radius 2 is 2.07 bits per heavy atom. The fraction of sp³-hybridized carbons (Fsp3) is 0.500. The number of aliphatic hydroxyl groups excluding tert-OH is 3. The number of rotatable bonds is 11. The van der Waals surface area contributed by atoms with E-state index in [2.05, 4.69) is 0 Å². The SMILES string of the molecule is O=C(O)CCC/C=C\C[C@H]1C(O)CC(O)[C@@H]1/C=C/[C@@H](O)COc1cccc(Cl)c1. The minimum Gasteiger partial charge on any atom is -0.491 e. The van der Waals surface area contributed by atoms with Crippen LogP contribution in [-0.2, 0) is 4.79 Å². The van der Waals surface area contributed by atoms with Gasteiger partial charge in [0.1, 0.15) is 18.5 Å². The van der Waals surface area contributed by atoms with E-state index in [0.29, 0.717) is 36.5 Å². The molecule has 2 rings (SSSR count). The molecule has 2 unspecified atom stereocenters. The highest BCUT2D eigenvalue weighted by molar-refractivity contribution is 6.30. The number of benzene rings is 1. The molecule has 4 N–H and O–H groups in total. The van der Waals surface area contributed by atoms with E-state index < -0.39 is 24.3 Å². The number of aliphatic hydroxyl groups is 3. The summed E-state index contributed by atoms with van der Waals surface area (Å²) in [4.78, 5) is 10.5. The molecule has 0 aliphatic heterocycles. The number of allylic oxidation sites excluding steroid dienone is 2. The molecule has 1 saturated carbocycles. The van der Waals surface area contributed by atoms with E-state index in [4.69, 9.17) is 21.4 Å². The lowest BCUT2D eigenvalue weighted by atomic mass is 9.89. The van der Waals surface area contributed by atoms with Crippen LogP contribution in [0.25, 0.3) is 0 Å². The van der Waals surface area contributed by atoms with E-state index in [-0.39, 0.29) is 24.9 Å². The molecule has 0 amide bonds. The van der Waals surface area contributed by atoms with Crippen molar-refractivity contribution in [2.75, 3.05) is 6.61 Å². The number of hydrogen-bond acceptors (Lipinski definition) is 5. The molecule has 1 aliphatic rings. The summed E-state index contributed by atoms with van der Waals surface area (Å²) in [6.07, 6.45) is 7.26. The van der Waals surface area contributed by atoms with Gasteiger partial charge in [0.25, 0.3) is 0 Å². The van der Waals surface area contributed by atoms with Crippen molar-refractivity contribution >= 4 is 17.6 Å². The molecule has 0 heterocycles. The zero-order valence-electron chi connectivity index (χ0n) is 16.2. The largest absolute Gasteiger partial charge is 0.491 e. The van der Waals surface area contributed by atoms with Gasteiger partial charge < -0.3 is 25.2 Å². The van der Waals surface area contributed by atoms with Crippen LogP contribution in [0.5, 0.6) is 5.75 Å². The molecule has 1 fully saturated rings. The van der Waals surface area contributed by atoms with Gasteiger partial charge in [-0.15, -0.1) is 0 Å². The van der Waals surface area contributed by atoms with Gasteiger partial charge in [0.15, 0.2) is 0 Å². The van der Waals surface area contributed by atoms with Crippen molar-refractivity contribution in [2.45, 2.75) is 50.4 Å². The van der Waals surface area contributed by atoms with Crippen LogP contribution in [0.15, 0.2) is 48.6 Å². The van der Waals surface area contributed by atoms with Crippen molar-refractivity contribution in [3.63, 3.8) is 0 Å². The van der Waals surface area contributed by atoms with E-state index in [1.807, 2.05) is 12.2 Å². The zero-order chi connectivity index (χ0) is 21.2. The first-order valence-corrected chi connectivity index (χ1v) is 10.2. The average Bonchev–Trinajstić information content (AvgIpc) is 2.93. The quantitative estimate of drug-likeness (QED) is 0.321. The summed E-state index contributed by atoms with van der Waals surface area (Å²) in [5.41, 5.74) is 0. The normalized spacial score (nSPS) is 25.7. The number of aliphatic carboxylic acids is 1. The van der Waals surface area contributed by atoms with Crippen LogP contribution in [0, 0.1) is 11.8 Å². The number of carbonyl (C=O) groups is 1. The third-order valence-electron chi connectivity index (χ3n) is 5.02. The molecular formula is C22H29ClO6. The number of carboxylic acid groups (broad SMARTS) is 1. The van der Waals surface area contributed by atoms with Crippen LogP contribution in [-0.4, -0.2) is 51.3 Å². The predicted octanol–water partition coefficient (Wildman–Crippen LogP) is 3.20. The molecule has 0 saturated heterocycles. The predicted molar refractivity (Wildman–Crippen MR) is 111 cm³/mol. The van der Waals surface area contributed by atoms with E-state index in [0.717, 1.165) is 0 Å². The zero-order valence-corrected chi connectivity index (χ0v) is 17.0. The van der Waals surface area contributed by atoms with Crippen molar-refractivity contribution in [3.8, 4) is 5.75 Å². The highest BCUT2D eigenvalue weighted by atomic mass is 35.5. The number of carboxylic acids is 1. The fourth-order valence-electron chi connectivity index (χ4n) is 3.50. The van der Waals surface area contributed by atoms with E-state index in [1.165, 1.54) is 0 Å².